The van der Waals surface area contributed by atoms with Crippen molar-refractivity contribution in [3.05, 3.63) is 47.5 Å². The number of carbonyl (C=O) groups excluding carboxylic acids is 4. The molecule has 0 saturated heterocycles. The summed E-state index contributed by atoms with van der Waals surface area (Å²) in [6.07, 6.45) is 7.41. The lowest BCUT2D eigenvalue weighted by Gasteiger charge is -2.13. The number of ketones is 2. The van der Waals surface area contributed by atoms with Crippen molar-refractivity contribution in [3.63, 3.8) is 0 Å². The molecule has 8 heteroatoms. The van der Waals surface area contributed by atoms with Gasteiger partial charge in [-0.15, -0.1) is 0 Å². The van der Waals surface area contributed by atoms with E-state index in [4.69, 9.17) is 9.57 Å². The molecule has 1 atom stereocenters. The van der Waals surface area contributed by atoms with E-state index in [9.17, 15) is 19.2 Å². The molecule has 0 aliphatic heterocycles. The van der Waals surface area contributed by atoms with E-state index in [1.807, 2.05) is 24.3 Å². The van der Waals surface area contributed by atoms with Gasteiger partial charge in [-0.3, -0.25) is 14.4 Å². The molecule has 8 nitrogen and oxygen atoms in total. The molecule has 224 valence electrons. The lowest BCUT2D eigenvalue weighted by molar-refractivity contribution is -0.148. The van der Waals surface area contributed by atoms with E-state index < -0.39 is 17.7 Å². The van der Waals surface area contributed by atoms with E-state index in [1.165, 1.54) is 6.92 Å². The number of aromatic nitrogens is 1. The monoisotopic (exact) mass is 574 g/mol. The number of unbranched alkanes of at least 4 members (excludes halogenated alkanes) is 1. The Morgan fingerprint density at radius 3 is 2.17 bits per heavy atom. The van der Waals surface area contributed by atoms with E-state index in [0.29, 0.717) is 11.1 Å². The molecule has 0 radical (unpaired) electrons. The van der Waals surface area contributed by atoms with Crippen molar-refractivity contribution in [2.75, 3.05) is 0 Å². The topological polar surface area (TPSA) is 104 Å². The Hall–Kier alpha value is -3.81. The predicted molar refractivity (Wildman–Crippen MR) is 164 cm³/mol. The number of oxime groups is 1. The predicted octanol–water partition coefficient (Wildman–Crippen LogP) is 7.58. The summed E-state index contributed by atoms with van der Waals surface area (Å²) in [5, 5.41) is 5.57. The summed E-state index contributed by atoms with van der Waals surface area (Å²) in [6, 6.07) is 11.3. The molecule has 3 aromatic rings. The van der Waals surface area contributed by atoms with Crippen LogP contribution in [0.25, 0.3) is 21.8 Å². The fourth-order valence-electron chi connectivity index (χ4n) is 5.90. The van der Waals surface area contributed by atoms with Gasteiger partial charge in [0.05, 0.1) is 6.42 Å². The molecule has 2 aromatic carbocycles. The second kappa shape index (κ2) is 14.4. The Bertz CT molecular complexity index is 1490. The van der Waals surface area contributed by atoms with E-state index >= 15 is 0 Å². The summed E-state index contributed by atoms with van der Waals surface area (Å²) in [5.41, 5.74) is 2.95. The SMILES string of the molecule is CCCCC(CC)C(=O)c1ccc2c(c1)c1cc(C(=O)/C(CCC(=O)OC3CCCC3)=N\OC(C)=O)ccc1n2CC. The highest BCUT2D eigenvalue weighted by molar-refractivity contribution is 6.46. The molecule has 0 spiro atoms. The number of rotatable bonds is 14. The first-order chi connectivity index (χ1) is 20.3. The van der Waals surface area contributed by atoms with Gasteiger partial charge in [0, 0.05) is 58.7 Å². The third-order valence-electron chi connectivity index (χ3n) is 8.21. The van der Waals surface area contributed by atoms with Crippen molar-refractivity contribution in [2.45, 2.75) is 105 Å². The second-order valence-electron chi connectivity index (χ2n) is 11.2. The normalized spacial score (nSPS) is 14.8. The van der Waals surface area contributed by atoms with Crippen molar-refractivity contribution in [2.24, 2.45) is 11.1 Å². The molecular weight excluding hydrogens is 532 g/mol. The maximum atomic E-state index is 13.6. The Morgan fingerprint density at radius 1 is 0.929 bits per heavy atom. The fraction of sp³-hybridized carbons (Fsp3) is 0.500. The summed E-state index contributed by atoms with van der Waals surface area (Å²) in [6.45, 7) is 8.17. The van der Waals surface area contributed by atoms with Gasteiger partial charge in [0.1, 0.15) is 11.8 Å². The molecule has 1 aromatic heterocycles. The first-order valence-electron chi connectivity index (χ1n) is 15.4. The van der Waals surface area contributed by atoms with Crippen LogP contribution in [0.5, 0.6) is 0 Å². The number of fused-ring (bicyclic) bond motifs is 3. The largest absolute Gasteiger partial charge is 0.462 e. The van der Waals surface area contributed by atoms with Crippen LogP contribution in [0.3, 0.4) is 0 Å². The van der Waals surface area contributed by atoms with Crippen LogP contribution in [0.2, 0.25) is 0 Å². The average molecular weight is 575 g/mol. The minimum atomic E-state index is -0.656. The van der Waals surface area contributed by atoms with Gasteiger partial charge in [-0.2, -0.15) is 0 Å². The van der Waals surface area contributed by atoms with Crippen LogP contribution in [0.1, 0.15) is 113 Å². The zero-order chi connectivity index (χ0) is 30.2. The van der Waals surface area contributed by atoms with Crippen LogP contribution in [0, 0.1) is 5.92 Å². The maximum absolute atomic E-state index is 13.6. The van der Waals surface area contributed by atoms with E-state index in [-0.39, 0.29) is 36.4 Å². The third-order valence-corrected chi connectivity index (χ3v) is 8.21. The average Bonchev–Trinajstić information content (AvgIpc) is 3.61. The molecule has 0 amide bonds. The van der Waals surface area contributed by atoms with Crippen LogP contribution in [-0.4, -0.2) is 39.9 Å². The molecule has 1 saturated carbocycles. The van der Waals surface area contributed by atoms with Crippen molar-refractivity contribution in [1.82, 2.24) is 4.57 Å². The zero-order valence-corrected chi connectivity index (χ0v) is 25.2. The lowest BCUT2D eigenvalue weighted by atomic mass is 9.90. The molecule has 0 bridgehead atoms. The van der Waals surface area contributed by atoms with E-state index in [2.05, 4.69) is 30.5 Å². The molecule has 1 heterocycles. The van der Waals surface area contributed by atoms with Gasteiger partial charge in [0.15, 0.2) is 5.78 Å². The van der Waals surface area contributed by atoms with Crippen LogP contribution in [0.4, 0.5) is 0 Å². The first kappa shape index (κ1) is 31.1. The summed E-state index contributed by atoms with van der Waals surface area (Å²) < 4.78 is 7.69. The minimum absolute atomic E-state index is 0.0127. The summed E-state index contributed by atoms with van der Waals surface area (Å²) in [7, 11) is 0. The molecule has 1 aliphatic rings. The van der Waals surface area contributed by atoms with E-state index in [1.54, 1.807) is 12.1 Å². The number of benzene rings is 2. The molecule has 42 heavy (non-hydrogen) atoms. The maximum Gasteiger partial charge on any atom is 0.331 e. The standard InChI is InChI=1S/C34H42N2O6/c1-5-8-11-23(6-2)33(39)24-14-17-30-27(20-24)28-21-25(15-18-31(28)36(30)7-3)34(40)29(35-42-22(4)37)16-19-32(38)41-26-12-9-10-13-26/h14-15,17-18,20-21,23,26H,5-13,16,19H2,1-4H3/b35-29-. The minimum Gasteiger partial charge on any atom is -0.462 e. The van der Waals surface area contributed by atoms with Crippen molar-refractivity contribution in [1.29, 1.82) is 0 Å². The first-order valence-corrected chi connectivity index (χ1v) is 15.4. The highest BCUT2D eigenvalue weighted by atomic mass is 16.7. The second-order valence-corrected chi connectivity index (χ2v) is 11.2. The Kier molecular flexibility index (Phi) is 10.7. The summed E-state index contributed by atoms with van der Waals surface area (Å²) in [4.78, 5) is 55.8. The van der Waals surface area contributed by atoms with Gasteiger partial charge >= 0.3 is 11.9 Å². The number of hydrogen-bond donors (Lipinski definition) is 0. The van der Waals surface area contributed by atoms with Crippen LogP contribution in [-0.2, 0) is 25.7 Å². The lowest BCUT2D eigenvalue weighted by Crippen LogP contribution is -2.20. The Labute approximate surface area is 247 Å². The van der Waals surface area contributed by atoms with Gasteiger partial charge in [-0.25, -0.2) is 4.79 Å². The molecule has 1 unspecified atom stereocenters. The zero-order valence-electron chi connectivity index (χ0n) is 25.2. The number of nitrogens with zero attached hydrogens (tertiary/aromatic N) is 2. The molecule has 4 rings (SSSR count). The van der Waals surface area contributed by atoms with Gasteiger partial charge in [-0.05, 0) is 81.8 Å². The number of carbonyl (C=O) groups is 4. The number of Topliss-reactive ketones (excluding diaryl/α,β-unsaturated/α-hetero) is 2. The van der Waals surface area contributed by atoms with Crippen LogP contribution < -0.4 is 0 Å². The highest BCUT2D eigenvalue weighted by Gasteiger charge is 2.24. The summed E-state index contributed by atoms with van der Waals surface area (Å²) in [5.74, 6) is -1.34. The van der Waals surface area contributed by atoms with Gasteiger partial charge in [0.2, 0.25) is 5.78 Å². The number of ether oxygens (including phenoxy) is 1. The molecule has 1 aliphatic carbocycles. The Balaban J connectivity index is 1.66. The van der Waals surface area contributed by atoms with E-state index in [0.717, 1.165) is 79.7 Å². The quantitative estimate of drug-likeness (QED) is 0.0646. The molecule has 1 fully saturated rings. The summed E-state index contributed by atoms with van der Waals surface area (Å²) >= 11 is 0. The fourth-order valence-corrected chi connectivity index (χ4v) is 5.90. The van der Waals surface area contributed by atoms with Crippen LogP contribution in [0.15, 0.2) is 41.6 Å². The Morgan fingerprint density at radius 2 is 1.57 bits per heavy atom. The van der Waals surface area contributed by atoms with Crippen LogP contribution >= 0.6 is 0 Å². The van der Waals surface area contributed by atoms with Crippen molar-refractivity contribution in [3.8, 4) is 0 Å². The van der Waals surface area contributed by atoms with Crippen molar-refractivity contribution >= 4 is 51.0 Å². The third kappa shape index (κ3) is 7.15. The molecular formula is C34H42N2O6. The number of esters is 1. The van der Waals surface area contributed by atoms with Gasteiger partial charge in [-0.1, -0.05) is 31.8 Å². The van der Waals surface area contributed by atoms with Gasteiger partial charge in [0.25, 0.3) is 0 Å². The number of aryl methyl sites for hydroxylation is 1. The highest BCUT2D eigenvalue weighted by Crippen LogP contribution is 2.32. The smallest absolute Gasteiger partial charge is 0.331 e. The number of hydrogen-bond acceptors (Lipinski definition) is 7. The van der Waals surface area contributed by atoms with Crippen molar-refractivity contribution < 1.29 is 28.8 Å². The molecule has 0 N–H and O–H groups in total. The van der Waals surface area contributed by atoms with Gasteiger partial charge < -0.3 is 14.1 Å².